The first-order valence-electron chi connectivity index (χ1n) is 5.51. The van der Waals surface area contributed by atoms with Crippen LogP contribution in [0.1, 0.15) is 19.3 Å². The van der Waals surface area contributed by atoms with E-state index in [4.69, 9.17) is 9.47 Å². The van der Waals surface area contributed by atoms with E-state index in [1.54, 1.807) is 0 Å². The molecule has 7 heteroatoms. The standard InChI is InChI=1S/C10H20N2O4S/c1-11-5-3-2-4-6-16-10(14)8-15-7-9(13)12-17/h11,17H,2-8H2,1H3,(H,12,13). The molecule has 100 valence electrons. The minimum atomic E-state index is -0.453. The molecule has 0 unspecified atom stereocenters. The van der Waals surface area contributed by atoms with E-state index in [0.717, 1.165) is 25.8 Å². The average molecular weight is 264 g/mol. The maximum atomic E-state index is 11.1. The van der Waals surface area contributed by atoms with Crippen LogP contribution in [0.2, 0.25) is 0 Å². The molecule has 0 heterocycles. The molecule has 0 aromatic rings. The van der Waals surface area contributed by atoms with Gasteiger partial charge in [-0.05, 0) is 32.9 Å². The van der Waals surface area contributed by atoms with Crippen molar-refractivity contribution in [1.29, 1.82) is 0 Å². The van der Waals surface area contributed by atoms with Gasteiger partial charge in [-0.1, -0.05) is 12.8 Å². The van der Waals surface area contributed by atoms with Gasteiger partial charge in [0.05, 0.1) is 6.61 Å². The molecule has 0 aliphatic carbocycles. The molecular formula is C10H20N2O4S. The fourth-order valence-corrected chi connectivity index (χ4v) is 1.13. The lowest BCUT2D eigenvalue weighted by Gasteiger charge is -2.05. The van der Waals surface area contributed by atoms with Gasteiger partial charge in [-0.25, -0.2) is 4.79 Å². The molecule has 0 bridgehead atoms. The number of carbonyl (C=O) groups excluding carboxylic acids is 2. The highest BCUT2D eigenvalue weighted by Crippen LogP contribution is 1.95. The average Bonchev–Trinajstić information content (AvgIpc) is 2.33. The Kier molecular flexibility index (Phi) is 11.1. The molecule has 0 aromatic heterocycles. The molecular weight excluding hydrogens is 244 g/mol. The predicted octanol–water partition coefficient (Wildman–Crippen LogP) is -0.103. The number of hydrogen-bond donors (Lipinski definition) is 3. The number of rotatable bonds is 10. The number of esters is 1. The normalized spacial score (nSPS) is 10.0. The van der Waals surface area contributed by atoms with Crippen molar-refractivity contribution in [3.63, 3.8) is 0 Å². The Hall–Kier alpha value is -0.790. The Morgan fingerprint density at radius 1 is 1.18 bits per heavy atom. The zero-order chi connectivity index (χ0) is 12.9. The van der Waals surface area contributed by atoms with Gasteiger partial charge in [0.25, 0.3) is 5.91 Å². The summed E-state index contributed by atoms with van der Waals surface area (Å²) in [5.74, 6) is -0.848. The molecule has 0 aliphatic rings. The molecule has 0 aromatic carbocycles. The third-order valence-electron chi connectivity index (χ3n) is 1.91. The van der Waals surface area contributed by atoms with E-state index in [0.29, 0.717) is 6.61 Å². The van der Waals surface area contributed by atoms with Gasteiger partial charge >= 0.3 is 5.97 Å². The summed E-state index contributed by atoms with van der Waals surface area (Å²) in [4.78, 5) is 21.8. The zero-order valence-electron chi connectivity index (χ0n) is 10.0. The summed E-state index contributed by atoms with van der Waals surface area (Å²) >= 11 is 3.54. The van der Waals surface area contributed by atoms with Gasteiger partial charge in [0.1, 0.15) is 13.2 Å². The van der Waals surface area contributed by atoms with Crippen molar-refractivity contribution in [3.8, 4) is 0 Å². The lowest BCUT2D eigenvalue weighted by Crippen LogP contribution is -2.22. The SMILES string of the molecule is CNCCCCCOC(=O)COCC(=O)NS. The van der Waals surface area contributed by atoms with Crippen LogP contribution >= 0.6 is 12.8 Å². The molecule has 0 rings (SSSR count). The van der Waals surface area contributed by atoms with Gasteiger partial charge in [-0.15, -0.1) is 0 Å². The van der Waals surface area contributed by atoms with Gasteiger partial charge < -0.3 is 19.5 Å². The van der Waals surface area contributed by atoms with E-state index < -0.39 is 11.9 Å². The molecule has 2 N–H and O–H groups in total. The summed E-state index contributed by atoms with van der Waals surface area (Å²) in [6, 6.07) is 0. The Morgan fingerprint density at radius 2 is 1.94 bits per heavy atom. The van der Waals surface area contributed by atoms with Crippen molar-refractivity contribution in [2.45, 2.75) is 19.3 Å². The Bertz CT molecular complexity index is 226. The van der Waals surface area contributed by atoms with Crippen LogP contribution in [0.25, 0.3) is 0 Å². The van der Waals surface area contributed by atoms with Gasteiger partial charge in [0.2, 0.25) is 0 Å². The summed E-state index contributed by atoms with van der Waals surface area (Å²) in [5.41, 5.74) is 0. The van der Waals surface area contributed by atoms with E-state index in [-0.39, 0.29) is 13.2 Å². The number of hydrogen-bond acceptors (Lipinski definition) is 6. The molecule has 0 aliphatic heterocycles. The molecule has 0 saturated carbocycles. The van der Waals surface area contributed by atoms with E-state index in [2.05, 4.69) is 22.9 Å². The molecule has 0 atom stereocenters. The molecule has 0 fully saturated rings. The summed E-state index contributed by atoms with van der Waals surface area (Å²) in [7, 11) is 1.90. The van der Waals surface area contributed by atoms with Crippen LogP contribution in [0.5, 0.6) is 0 Å². The molecule has 0 radical (unpaired) electrons. The van der Waals surface area contributed by atoms with Crippen LogP contribution in [0.4, 0.5) is 0 Å². The van der Waals surface area contributed by atoms with Crippen LogP contribution in [0.3, 0.4) is 0 Å². The van der Waals surface area contributed by atoms with Gasteiger partial charge in [-0.3, -0.25) is 4.79 Å². The summed E-state index contributed by atoms with van der Waals surface area (Å²) in [5, 5.41) is 3.04. The van der Waals surface area contributed by atoms with Crippen LogP contribution in [0.15, 0.2) is 0 Å². The molecule has 0 saturated heterocycles. The third-order valence-corrected chi connectivity index (χ3v) is 2.16. The second-order valence-electron chi connectivity index (χ2n) is 3.41. The van der Waals surface area contributed by atoms with Crippen molar-refractivity contribution < 1.29 is 19.1 Å². The molecule has 6 nitrogen and oxygen atoms in total. The van der Waals surface area contributed by atoms with Crippen LogP contribution in [-0.4, -0.2) is 45.3 Å². The maximum absolute atomic E-state index is 11.1. The molecule has 0 spiro atoms. The second-order valence-corrected chi connectivity index (χ2v) is 3.64. The summed E-state index contributed by atoms with van der Waals surface area (Å²) in [6.45, 7) is 0.957. The minimum Gasteiger partial charge on any atom is -0.464 e. The first-order chi connectivity index (χ1) is 8.20. The highest BCUT2D eigenvalue weighted by molar-refractivity contribution is 7.78. The Labute approximate surface area is 107 Å². The van der Waals surface area contributed by atoms with E-state index in [1.807, 2.05) is 7.05 Å². The number of amides is 1. The Morgan fingerprint density at radius 3 is 2.59 bits per heavy atom. The van der Waals surface area contributed by atoms with Crippen LogP contribution < -0.4 is 10.0 Å². The number of unbranched alkanes of at least 4 members (excludes halogenated alkanes) is 2. The van der Waals surface area contributed by atoms with Crippen molar-refractivity contribution in [1.82, 2.24) is 10.0 Å². The fraction of sp³-hybridized carbons (Fsp3) is 0.800. The predicted molar refractivity (Wildman–Crippen MR) is 66.7 cm³/mol. The fourth-order valence-electron chi connectivity index (χ4n) is 1.07. The van der Waals surface area contributed by atoms with Crippen molar-refractivity contribution in [2.75, 3.05) is 33.4 Å². The number of ether oxygens (including phenoxy) is 2. The topological polar surface area (TPSA) is 76.7 Å². The number of thiol groups is 1. The van der Waals surface area contributed by atoms with E-state index in [9.17, 15) is 9.59 Å². The highest BCUT2D eigenvalue weighted by atomic mass is 32.1. The number of nitrogens with one attached hydrogen (secondary N) is 2. The summed E-state index contributed by atoms with van der Waals surface area (Å²) in [6.07, 6.45) is 2.91. The van der Waals surface area contributed by atoms with Crippen LogP contribution in [0, 0.1) is 0 Å². The first-order valence-corrected chi connectivity index (χ1v) is 5.96. The smallest absolute Gasteiger partial charge is 0.332 e. The van der Waals surface area contributed by atoms with Gasteiger partial charge in [0.15, 0.2) is 0 Å². The van der Waals surface area contributed by atoms with Gasteiger partial charge in [0, 0.05) is 0 Å². The largest absolute Gasteiger partial charge is 0.464 e. The first kappa shape index (κ1) is 16.2. The molecule has 17 heavy (non-hydrogen) atoms. The van der Waals surface area contributed by atoms with Crippen molar-refractivity contribution in [3.05, 3.63) is 0 Å². The third kappa shape index (κ3) is 11.5. The monoisotopic (exact) mass is 264 g/mol. The maximum Gasteiger partial charge on any atom is 0.332 e. The highest BCUT2D eigenvalue weighted by Gasteiger charge is 2.04. The van der Waals surface area contributed by atoms with Crippen molar-refractivity contribution >= 4 is 24.7 Å². The van der Waals surface area contributed by atoms with Gasteiger partial charge in [-0.2, -0.15) is 0 Å². The Balaban J connectivity index is 3.26. The van der Waals surface area contributed by atoms with E-state index in [1.165, 1.54) is 0 Å². The van der Waals surface area contributed by atoms with Crippen LogP contribution in [-0.2, 0) is 19.1 Å². The lowest BCUT2D eigenvalue weighted by molar-refractivity contribution is -0.149. The molecule has 1 amide bonds. The van der Waals surface area contributed by atoms with E-state index >= 15 is 0 Å². The second kappa shape index (κ2) is 11.7. The van der Waals surface area contributed by atoms with Crippen molar-refractivity contribution in [2.24, 2.45) is 0 Å². The zero-order valence-corrected chi connectivity index (χ0v) is 10.9. The quantitative estimate of drug-likeness (QED) is 0.292. The number of carbonyl (C=O) groups is 2. The summed E-state index contributed by atoms with van der Waals surface area (Å²) < 4.78 is 11.8. The lowest BCUT2D eigenvalue weighted by atomic mass is 10.2. The minimum absolute atomic E-state index is 0.194.